The van der Waals surface area contributed by atoms with E-state index in [1.54, 1.807) is 4.63 Å². The Labute approximate surface area is 150 Å². The van der Waals surface area contributed by atoms with Crippen molar-refractivity contribution in [1.82, 2.24) is 19.4 Å². The lowest BCUT2D eigenvalue weighted by Crippen LogP contribution is -2.02. The Morgan fingerprint density at radius 1 is 0.769 bits per heavy atom. The summed E-state index contributed by atoms with van der Waals surface area (Å²) >= 11 is 0. The van der Waals surface area contributed by atoms with Crippen molar-refractivity contribution in [2.45, 2.75) is 6.92 Å². The number of anilines is 2. The van der Waals surface area contributed by atoms with Crippen molar-refractivity contribution in [3.8, 4) is 5.69 Å². The van der Waals surface area contributed by atoms with Crippen LogP contribution in [0.1, 0.15) is 5.56 Å². The summed E-state index contributed by atoms with van der Waals surface area (Å²) < 4.78 is 3.81. The number of aryl methyl sites for hydroxylation is 1. The Balaban J connectivity index is 1.76. The van der Waals surface area contributed by atoms with E-state index in [4.69, 9.17) is 5.10 Å². The van der Waals surface area contributed by atoms with Gasteiger partial charge in [0.1, 0.15) is 0 Å². The minimum Gasteiger partial charge on any atom is -0.324 e. The maximum atomic E-state index is 4.70. The van der Waals surface area contributed by atoms with E-state index in [9.17, 15) is 0 Å². The SMILES string of the molecule is Cc1ccc(Nc2nn3nc4ccccc4c3n2-c2ccccc2)cc1. The molecule has 0 amide bonds. The van der Waals surface area contributed by atoms with E-state index < -0.39 is 0 Å². The molecule has 26 heavy (non-hydrogen) atoms. The van der Waals surface area contributed by atoms with Gasteiger partial charge in [-0.05, 0) is 43.3 Å². The van der Waals surface area contributed by atoms with Gasteiger partial charge in [0.2, 0.25) is 5.95 Å². The molecular weight excluding hydrogens is 322 g/mol. The van der Waals surface area contributed by atoms with Crippen LogP contribution in [0.4, 0.5) is 11.6 Å². The molecule has 126 valence electrons. The van der Waals surface area contributed by atoms with E-state index in [2.05, 4.69) is 64.4 Å². The first kappa shape index (κ1) is 14.7. The van der Waals surface area contributed by atoms with Crippen molar-refractivity contribution >= 4 is 28.2 Å². The Kier molecular flexibility index (Phi) is 3.25. The zero-order valence-electron chi connectivity index (χ0n) is 14.3. The second kappa shape index (κ2) is 5.74. The highest BCUT2D eigenvalue weighted by Gasteiger charge is 2.17. The van der Waals surface area contributed by atoms with Crippen molar-refractivity contribution in [3.63, 3.8) is 0 Å². The number of nitrogens with one attached hydrogen (secondary N) is 1. The maximum Gasteiger partial charge on any atom is 0.234 e. The van der Waals surface area contributed by atoms with Gasteiger partial charge in [-0.25, -0.2) is 0 Å². The minimum absolute atomic E-state index is 0.730. The Hall–Kier alpha value is -3.60. The number of nitrogens with zero attached hydrogens (tertiary/aromatic N) is 4. The predicted molar refractivity (Wildman–Crippen MR) is 104 cm³/mol. The van der Waals surface area contributed by atoms with Gasteiger partial charge in [0.25, 0.3) is 0 Å². The van der Waals surface area contributed by atoms with Crippen LogP contribution in [0.3, 0.4) is 0 Å². The van der Waals surface area contributed by atoms with Crippen LogP contribution in [-0.2, 0) is 0 Å². The zero-order valence-corrected chi connectivity index (χ0v) is 14.3. The van der Waals surface area contributed by atoms with Crippen LogP contribution in [0.2, 0.25) is 0 Å². The monoisotopic (exact) mass is 339 g/mol. The molecule has 5 aromatic rings. The second-order valence-electron chi connectivity index (χ2n) is 6.32. The van der Waals surface area contributed by atoms with Crippen LogP contribution in [0, 0.1) is 6.92 Å². The van der Waals surface area contributed by atoms with E-state index in [1.165, 1.54) is 5.56 Å². The molecule has 5 rings (SSSR count). The highest BCUT2D eigenvalue weighted by atomic mass is 15.5. The molecule has 0 saturated carbocycles. The molecule has 2 aromatic heterocycles. The average molecular weight is 339 g/mol. The maximum absolute atomic E-state index is 4.70. The van der Waals surface area contributed by atoms with Gasteiger partial charge in [-0.3, -0.25) is 4.57 Å². The fourth-order valence-corrected chi connectivity index (χ4v) is 3.19. The second-order valence-corrected chi connectivity index (χ2v) is 6.32. The molecule has 0 fully saturated rings. The summed E-state index contributed by atoms with van der Waals surface area (Å²) in [5.74, 6) is 0.730. The Morgan fingerprint density at radius 2 is 1.50 bits per heavy atom. The third-order valence-corrected chi connectivity index (χ3v) is 4.47. The minimum atomic E-state index is 0.730. The number of benzene rings is 3. The summed E-state index contributed by atoms with van der Waals surface area (Å²) in [5.41, 5.74) is 5.13. The fourth-order valence-electron chi connectivity index (χ4n) is 3.19. The number of aromatic nitrogens is 4. The van der Waals surface area contributed by atoms with Gasteiger partial charge in [-0.15, -0.1) is 14.8 Å². The summed E-state index contributed by atoms with van der Waals surface area (Å²) in [5, 5.41) is 13.8. The largest absolute Gasteiger partial charge is 0.324 e. The number of hydrogen-bond acceptors (Lipinski definition) is 3. The molecule has 3 aromatic carbocycles. The highest BCUT2D eigenvalue weighted by molar-refractivity contribution is 5.93. The normalized spacial score (nSPS) is 11.3. The molecule has 1 N–H and O–H groups in total. The van der Waals surface area contributed by atoms with Gasteiger partial charge in [-0.2, -0.15) is 0 Å². The number of rotatable bonds is 3. The van der Waals surface area contributed by atoms with E-state index in [-0.39, 0.29) is 0 Å². The lowest BCUT2D eigenvalue weighted by atomic mass is 10.2. The molecule has 0 unspecified atom stereocenters. The molecule has 0 aliphatic rings. The smallest absolute Gasteiger partial charge is 0.234 e. The van der Waals surface area contributed by atoms with Crippen LogP contribution in [0.15, 0.2) is 78.9 Å². The first-order valence-electron chi connectivity index (χ1n) is 8.55. The van der Waals surface area contributed by atoms with Crippen LogP contribution in [0.25, 0.3) is 22.2 Å². The molecule has 0 radical (unpaired) electrons. The van der Waals surface area contributed by atoms with Crippen LogP contribution in [0.5, 0.6) is 0 Å². The molecular formula is C21H17N5. The van der Waals surface area contributed by atoms with E-state index in [1.807, 2.05) is 36.4 Å². The predicted octanol–water partition coefficient (Wildman–Crippen LogP) is 4.73. The van der Waals surface area contributed by atoms with Crippen molar-refractivity contribution in [3.05, 3.63) is 84.4 Å². The molecule has 0 aliphatic carbocycles. The zero-order chi connectivity index (χ0) is 17.5. The van der Waals surface area contributed by atoms with Gasteiger partial charge in [0.05, 0.1) is 11.2 Å². The molecule has 5 nitrogen and oxygen atoms in total. The van der Waals surface area contributed by atoms with Crippen molar-refractivity contribution in [2.24, 2.45) is 0 Å². The summed E-state index contributed by atoms with van der Waals surface area (Å²) in [7, 11) is 0. The molecule has 0 spiro atoms. The van der Waals surface area contributed by atoms with Crippen molar-refractivity contribution in [2.75, 3.05) is 5.32 Å². The van der Waals surface area contributed by atoms with Crippen molar-refractivity contribution < 1.29 is 0 Å². The molecule has 5 heteroatoms. The van der Waals surface area contributed by atoms with Gasteiger partial charge in [-0.1, -0.05) is 48.0 Å². The quantitative estimate of drug-likeness (QED) is 0.517. The first-order valence-corrected chi connectivity index (χ1v) is 8.55. The average Bonchev–Trinajstić information content (AvgIpc) is 3.19. The molecule has 0 atom stereocenters. The van der Waals surface area contributed by atoms with Crippen LogP contribution in [-0.4, -0.2) is 19.4 Å². The third kappa shape index (κ3) is 2.33. The molecule has 0 saturated heterocycles. The number of hydrogen-bond donors (Lipinski definition) is 1. The highest BCUT2D eigenvalue weighted by Crippen LogP contribution is 2.27. The summed E-state index contributed by atoms with van der Waals surface area (Å²) in [6, 6.07) is 26.6. The lowest BCUT2D eigenvalue weighted by Gasteiger charge is -2.10. The van der Waals surface area contributed by atoms with E-state index >= 15 is 0 Å². The molecule has 0 bridgehead atoms. The Bertz CT molecular complexity index is 1200. The standard InChI is InChI=1S/C21H17N5/c1-15-11-13-16(14-12-15)22-21-24-26-20(18-9-5-6-10-19(18)23-26)25(21)17-7-3-2-4-8-17/h2-14H,1H3,(H,22,24). The van der Waals surface area contributed by atoms with Gasteiger partial charge in [0.15, 0.2) is 5.65 Å². The van der Waals surface area contributed by atoms with Crippen LogP contribution < -0.4 is 5.32 Å². The number of fused-ring (bicyclic) bond motifs is 3. The van der Waals surface area contributed by atoms with E-state index in [0.717, 1.165) is 33.9 Å². The first-order chi connectivity index (χ1) is 12.8. The van der Waals surface area contributed by atoms with E-state index in [0.29, 0.717) is 0 Å². The molecule has 2 heterocycles. The third-order valence-electron chi connectivity index (χ3n) is 4.47. The number of para-hydroxylation sites is 1. The van der Waals surface area contributed by atoms with Gasteiger partial charge >= 0.3 is 0 Å². The molecule has 0 aliphatic heterocycles. The topological polar surface area (TPSA) is 47.1 Å². The van der Waals surface area contributed by atoms with Crippen LogP contribution >= 0.6 is 0 Å². The summed E-state index contributed by atoms with van der Waals surface area (Å²) in [6.07, 6.45) is 0. The lowest BCUT2D eigenvalue weighted by molar-refractivity contribution is 0.838. The van der Waals surface area contributed by atoms with Crippen molar-refractivity contribution in [1.29, 1.82) is 0 Å². The van der Waals surface area contributed by atoms with Gasteiger partial charge < -0.3 is 5.32 Å². The fraction of sp³-hybridized carbons (Fsp3) is 0.0476. The summed E-state index contributed by atoms with van der Waals surface area (Å²) in [6.45, 7) is 2.08. The summed E-state index contributed by atoms with van der Waals surface area (Å²) in [4.78, 5) is 0. The van der Waals surface area contributed by atoms with Gasteiger partial charge in [0, 0.05) is 11.1 Å². The Morgan fingerprint density at radius 3 is 2.31 bits per heavy atom.